The Morgan fingerprint density at radius 2 is 1.95 bits per heavy atom. The zero-order valence-electron chi connectivity index (χ0n) is 23.4. The van der Waals surface area contributed by atoms with E-state index in [2.05, 4.69) is 52.5 Å². The molecule has 5 rings (SSSR count). The van der Waals surface area contributed by atoms with Gasteiger partial charge in [-0.3, -0.25) is 4.79 Å². The lowest BCUT2D eigenvalue weighted by Gasteiger charge is -2.75. The van der Waals surface area contributed by atoms with Gasteiger partial charge in [-0.2, -0.15) is 0 Å². The first-order chi connectivity index (χ1) is 17.5. The molecule has 5 unspecified atom stereocenters. The molecule has 4 bridgehead atoms. The molecule has 5 aliphatic rings. The molecule has 202 valence electrons. The summed E-state index contributed by atoms with van der Waals surface area (Å²) >= 11 is 0. The van der Waals surface area contributed by atoms with Crippen molar-refractivity contribution in [1.82, 2.24) is 0 Å². The number of ether oxygens (including phenoxy) is 3. The predicted molar refractivity (Wildman–Crippen MR) is 142 cm³/mol. The Morgan fingerprint density at radius 3 is 2.68 bits per heavy atom. The van der Waals surface area contributed by atoms with E-state index >= 15 is 0 Å². The maximum absolute atomic E-state index is 13.1. The van der Waals surface area contributed by atoms with Gasteiger partial charge >= 0.3 is 11.9 Å². The van der Waals surface area contributed by atoms with Crippen molar-refractivity contribution in [3.63, 3.8) is 0 Å². The summed E-state index contributed by atoms with van der Waals surface area (Å²) < 4.78 is 18.8. The summed E-state index contributed by atoms with van der Waals surface area (Å²) in [5, 5.41) is 0. The molecule has 0 aromatic heterocycles. The Bertz CT molecular complexity index is 1070. The van der Waals surface area contributed by atoms with Gasteiger partial charge in [0.1, 0.15) is 18.3 Å². The van der Waals surface area contributed by atoms with Crippen LogP contribution < -0.4 is 0 Å². The van der Waals surface area contributed by atoms with Crippen molar-refractivity contribution >= 4 is 11.9 Å². The zero-order chi connectivity index (χ0) is 26.5. The number of hydrogen-bond acceptors (Lipinski definition) is 5. The first-order valence-corrected chi connectivity index (χ1v) is 14.4. The van der Waals surface area contributed by atoms with Crippen LogP contribution in [0.15, 0.2) is 24.0 Å². The SMILES string of the molecule is CC(C)CCCC12CCCC(C)(C)C13C=COC2(CCC1=CC(=O)OC1)C1(C)C#CCCC(=O)OC3C1. The van der Waals surface area contributed by atoms with E-state index in [4.69, 9.17) is 14.2 Å². The molecule has 0 N–H and O–H groups in total. The number of cyclic esters (lactones) is 1. The summed E-state index contributed by atoms with van der Waals surface area (Å²) in [5.41, 5.74) is -0.684. The van der Waals surface area contributed by atoms with E-state index in [-0.39, 0.29) is 34.3 Å². The molecular weight excluding hydrogens is 464 g/mol. The van der Waals surface area contributed by atoms with Crippen molar-refractivity contribution in [3.05, 3.63) is 24.0 Å². The van der Waals surface area contributed by atoms with Gasteiger partial charge in [0.05, 0.1) is 18.1 Å². The Labute approximate surface area is 222 Å². The van der Waals surface area contributed by atoms with Gasteiger partial charge in [0.2, 0.25) is 0 Å². The average molecular weight is 509 g/mol. The molecule has 0 saturated heterocycles. The predicted octanol–water partition coefficient (Wildman–Crippen LogP) is 6.66. The smallest absolute Gasteiger partial charge is 0.331 e. The summed E-state index contributed by atoms with van der Waals surface area (Å²) in [6, 6.07) is 0. The summed E-state index contributed by atoms with van der Waals surface area (Å²) in [7, 11) is 0. The fourth-order valence-electron chi connectivity index (χ4n) is 9.13. The van der Waals surface area contributed by atoms with E-state index in [1.807, 2.05) is 6.26 Å². The van der Waals surface area contributed by atoms with Crippen molar-refractivity contribution in [2.45, 2.75) is 117 Å². The number of hydrogen-bond donors (Lipinski definition) is 0. The molecule has 0 amide bonds. The second-order valence-corrected chi connectivity index (χ2v) is 13.4. The highest BCUT2D eigenvalue weighted by Crippen LogP contribution is 2.78. The average Bonchev–Trinajstić information content (AvgIpc) is 3.26. The van der Waals surface area contributed by atoms with Crippen LogP contribution in [0, 0.1) is 39.4 Å². The molecule has 2 fully saturated rings. The highest BCUT2D eigenvalue weighted by Gasteiger charge is 2.80. The molecule has 0 spiro atoms. The second kappa shape index (κ2) is 9.21. The van der Waals surface area contributed by atoms with E-state index in [1.165, 1.54) is 0 Å². The van der Waals surface area contributed by atoms with Gasteiger partial charge in [0.15, 0.2) is 0 Å². The van der Waals surface area contributed by atoms with Crippen LogP contribution in [0.5, 0.6) is 0 Å². The summed E-state index contributed by atoms with van der Waals surface area (Å²) in [5.74, 6) is 7.31. The number of rotatable bonds is 7. The number of carbonyl (C=O) groups is 2. The molecule has 2 saturated carbocycles. The zero-order valence-corrected chi connectivity index (χ0v) is 23.4. The topological polar surface area (TPSA) is 61.8 Å². The molecular formula is C32H44O5. The van der Waals surface area contributed by atoms with E-state index in [0.29, 0.717) is 31.8 Å². The first kappa shape index (κ1) is 26.4. The van der Waals surface area contributed by atoms with Gasteiger partial charge in [0.25, 0.3) is 0 Å². The molecule has 5 heteroatoms. The molecule has 3 aliphatic heterocycles. The van der Waals surface area contributed by atoms with E-state index < -0.39 is 11.0 Å². The lowest BCUT2D eigenvalue weighted by atomic mass is 9.31. The standard InChI is InChI=1S/C32H44O5/c1-23(2)10-8-15-30-16-9-13-28(3,4)31(30)18-19-36-32(30,17-12-24-20-27(34)35-22-24)29(5)14-7-6-11-26(33)37-25(31)21-29/h18-20,23,25H,6,8-13,15-17,21-22H2,1-5H3. The monoisotopic (exact) mass is 508 g/mol. The third-order valence-electron chi connectivity index (χ3n) is 10.7. The van der Waals surface area contributed by atoms with Crippen molar-refractivity contribution in [2.75, 3.05) is 6.61 Å². The van der Waals surface area contributed by atoms with Crippen LogP contribution in [0.4, 0.5) is 0 Å². The van der Waals surface area contributed by atoms with Crippen molar-refractivity contribution in [3.8, 4) is 11.8 Å². The number of fused-ring (bicyclic) bond motifs is 3. The van der Waals surface area contributed by atoms with Gasteiger partial charge in [-0.1, -0.05) is 52.9 Å². The van der Waals surface area contributed by atoms with Crippen LogP contribution in [0.2, 0.25) is 0 Å². The van der Waals surface area contributed by atoms with Crippen molar-refractivity contribution < 1.29 is 23.8 Å². The summed E-state index contributed by atoms with van der Waals surface area (Å²) in [6.45, 7) is 12.0. The van der Waals surface area contributed by atoms with E-state index in [9.17, 15) is 9.59 Å². The molecule has 37 heavy (non-hydrogen) atoms. The Hall–Kier alpha value is -2.22. The van der Waals surface area contributed by atoms with Crippen LogP contribution in [0.1, 0.15) is 105 Å². The Kier molecular flexibility index (Phi) is 6.57. The van der Waals surface area contributed by atoms with Crippen LogP contribution in [0.3, 0.4) is 0 Å². The highest BCUT2D eigenvalue weighted by atomic mass is 16.5. The molecule has 0 aromatic rings. The third kappa shape index (κ3) is 3.80. The third-order valence-corrected chi connectivity index (χ3v) is 10.7. The first-order valence-electron chi connectivity index (χ1n) is 14.4. The molecule has 0 radical (unpaired) electrons. The Morgan fingerprint density at radius 1 is 1.14 bits per heavy atom. The van der Waals surface area contributed by atoms with Gasteiger partial charge in [-0.15, -0.1) is 5.92 Å². The van der Waals surface area contributed by atoms with Gasteiger partial charge in [-0.25, -0.2) is 4.79 Å². The largest absolute Gasteiger partial charge is 0.493 e. The van der Waals surface area contributed by atoms with Crippen molar-refractivity contribution in [2.24, 2.45) is 27.6 Å². The lowest BCUT2D eigenvalue weighted by molar-refractivity contribution is -0.319. The number of carbonyl (C=O) groups excluding carboxylic acids is 2. The minimum Gasteiger partial charge on any atom is -0.493 e. The fraction of sp³-hybridized carbons (Fsp3) is 0.750. The molecule has 2 aliphatic carbocycles. The van der Waals surface area contributed by atoms with Crippen LogP contribution in [-0.4, -0.2) is 30.3 Å². The maximum Gasteiger partial charge on any atom is 0.331 e. The van der Waals surface area contributed by atoms with Gasteiger partial charge in [-0.05, 0) is 62.0 Å². The molecule has 0 aromatic carbocycles. The summed E-state index contributed by atoms with van der Waals surface area (Å²) in [6.07, 6.45) is 15.1. The van der Waals surface area contributed by atoms with E-state index in [1.54, 1.807) is 6.08 Å². The second-order valence-electron chi connectivity index (χ2n) is 13.4. The maximum atomic E-state index is 13.1. The molecule has 5 atom stereocenters. The molecule has 3 heterocycles. The minimum absolute atomic E-state index is 0.0753. The van der Waals surface area contributed by atoms with Gasteiger partial charge < -0.3 is 14.2 Å². The highest BCUT2D eigenvalue weighted by molar-refractivity contribution is 5.85. The quantitative estimate of drug-likeness (QED) is 0.284. The molecule has 5 nitrogen and oxygen atoms in total. The Balaban J connectivity index is 1.73. The minimum atomic E-state index is -0.559. The fourth-order valence-corrected chi connectivity index (χ4v) is 9.13. The number of esters is 2. The van der Waals surface area contributed by atoms with Crippen LogP contribution in [-0.2, 0) is 23.8 Å². The van der Waals surface area contributed by atoms with Gasteiger partial charge in [0, 0.05) is 29.7 Å². The normalized spacial score (nSPS) is 39.6. The van der Waals surface area contributed by atoms with Crippen LogP contribution >= 0.6 is 0 Å². The lowest BCUT2D eigenvalue weighted by Crippen LogP contribution is -2.78. The van der Waals surface area contributed by atoms with Crippen molar-refractivity contribution in [1.29, 1.82) is 0 Å². The summed E-state index contributed by atoms with van der Waals surface area (Å²) in [4.78, 5) is 24.9. The van der Waals surface area contributed by atoms with Crippen LogP contribution in [0.25, 0.3) is 0 Å². The van der Waals surface area contributed by atoms with E-state index in [0.717, 1.165) is 56.9 Å².